The lowest BCUT2D eigenvalue weighted by molar-refractivity contribution is -0.385. The average molecular weight is 377 g/mol. The minimum absolute atomic E-state index is 0.0962. The van der Waals surface area contributed by atoms with Gasteiger partial charge in [0.15, 0.2) is 0 Å². The molecule has 146 valence electrons. The van der Waals surface area contributed by atoms with Crippen LogP contribution in [0.2, 0.25) is 0 Å². The molecule has 0 N–H and O–H groups in total. The Labute approximate surface area is 157 Å². The molecular formula is C19H24FN3O4. The number of amides is 2. The minimum Gasteiger partial charge on any atom is -0.342 e. The molecule has 2 saturated heterocycles. The van der Waals surface area contributed by atoms with Crippen molar-refractivity contribution in [2.75, 3.05) is 26.2 Å². The maximum Gasteiger partial charge on any atom is 0.272 e. The highest BCUT2D eigenvalue weighted by molar-refractivity contribution is 5.95. The lowest BCUT2D eigenvalue weighted by atomic mass is 9.92. The highest BCUT2D eigenvalue weighted by Crippen LogP contribution is 2.25. The van der Waals surface area contributed by atoms with E-state index in [1.807, 2.05) is 4.90 Å². The summed E-state index contributed by atoms with van der Waals surface area (Å²) in [5.41, 5.74) is -0.556. The first kappa shape index (κ1) is 19.3. The third-order valence-corrected chi connectivity index (χ3v) is 5.49. The summed E-state index contributed by atoms with van der Waals surface area (Å²) in [5.74, 6) is -0.791. The minimum atomic E-state index is -0.894. The van der Waals surface area contributed by atoms with Crippen molar-refractivity contribution in [1.29, 1.82) is 0 Å². The molecule has 27 heavy (non-hydrogen) atoms. The molecule has 2 fully saturated rings. The van der Waals surface area contributed by atoms with Crippen LogP contribution in [-0.2, 0) is 4.79 Å². The molecule has 0 saturated carbocycles. The van der Waals surface area contributed by atoms with E-state index in [1.165, 1.54) is 4.90 Å². The smallest absolute Gasteiger partial charge is 0.272 e. The zero-order valence-electron chi connectivity index (χ0n) is 15.4. The lowest BCUT2D eigenvalue weighted by Gasteiger charge is -2.37. The van der Waals surface area contributed by atoms with Crippen molar-refractivity contribution in [2.24, 2.45) is 11.8 Å². The average Bonchev–Trinajstić information content (AvgIpc) is 2.67. The van der Waals surface area contributed by atoms with Gasteiger partial charge in [-0.15, -0.1) is 0 Å². The van der Waals surface area contributed by atoms with Gasteiger partial charge in [0.2, 0.25) is 5.91 Å². The van der Waals surface area contributed by atoms with Crippen LogP contribution in [0, 0.1) is 27.8 Å². The number of rotatable bonds is 3. The van der Waals surface area contributed by atoms with E-state index in [4.69, 9.17) is 0 Å². The summed E-state index contributed by atoms with van der Waals surface area (Å²) in [4.78, 5) is 38.7. The number of halogens is 1. The number of hydrogen-bond acceptors (Lipinski definition) is 4. The van der Waals surface area contributed by atoms with E-state index in [0.29, 0.717) is 31.8 Å². The number of carbonyl (C=O) groups excluding carboxylic acids is 2. The summed E-state index contributed by atoms with van der Waals surface area (Å²) in [7, 11) is 0. The number of hydrogen-bond donors (Lipinski definition) is 0. The van der Waals surface area contributed by atoms with Crippen LogP contribution in [0.4, 0.5) is 10.1 Å². The van der Waals surface area contributed by atoms with Gasteiger partial charge in [-0.05, 0) is 37.7 Å². The van der Waals surface area contributed by atoms with Crippen LogP contribution < -0.4 is 0 Å². The molecule has 1 atom stereocenters. The van der Waals surface area contributed by atoms with Gasteiger partial charge in [0, 0.05) is 38.2 Å². The van der Waals surface area contributed by atoms with Gasteiger partial charge in [-0.25, -0.2) is 4.39 Å². The molecule has 0 aliphatic carbocycles. The number of non-ortho nitro benzene ring substituents is 1. The first-order valence-corrected chi connectivity index (χ1v) is 9.39. The molecule has 1 aromatic carbocycles. The predicted molar refractivity (Wildman–Crippen MR) is 96.7 cm³/mol. The summed E-state index contributed by atoms with van der Waals surface area (Å²) in [6.07, 6.45) is 3.30. The molecule has 3 rings (SSSR count). The van der Waals surface area contributed by atoms with Gasteiger partial charge in [0.1, 0.15) is 5.82 Å². The van der Waals surface area contributed by atoms with Gasteiger partial charge in [0.05, 0.1) is 16.6 Å². The van der Waals surface area contributed by atoms with Crippen LogP contribution in [0.15, 0.2) is 18.2 Å². The second-order valence-corrected chi connectivity index (χ2v) is 7.52. The predicted octanol–water partition coefficient (Wildman–Crippen LogP) is 2.84. The number of nitrogens with zero attached hydrogens (tertiary/aromatic N) is 3. The van der Waals surface area contributed by atoms with Gasteiger partial charge >= 0.3 is 0 Å². The number of likely N-dealkylation sites (tertiary alicyclic amines) is 2. The van der Waals surface area contributed by atoms with Gasteiger partial charge in [-0.3, -0.25) is 19.7 Å². The fourth-order valence-electron chi connectivity index (χ4n) is 3.94. The first-order valence-electron chi connectivity index (χ1n) is 9.39. The molecule has 0 aromatic heterocycles. The van der Waals surface area contributed by atoms with Crippen LogP contribution in [0.3, 0.4) is 0 Å². The molecule has 1 aromatic rings. The molecule has 2 heterocycles. The fourth-order valence-corrected chi connectivity index (χ4v) is 3.94. The standard InChI is InChI=1S/C19H24FN3O4/c1-13-3-2-8-22(12-13)18(24)14-6-9-21(10-7-14)19(25)16-5-4-15(23(26)27)11-17(16)20/h4-5,11,13-14H,2-3,6-10,12H2,1H3. The number of carbonyl (C=O) groups is 2. The highest BCUT2D eigenvalue weighted by Gasteiger charge is 2.32. The Balaban J connectivity index is 1.59. The molecule has 2 aliphatic heterocycles. The van der Waals surface area contributed by atoms with E-state index in [0.717, 1.165) is 44.1 Å². The zero-order chi connectivity index (χ0) is 19.6. The van der Waals surface area contributed by atoms with Gasteiger partial charge < -0.3 is 9.80 Å². The Morgan fingerprint density at radius 3 is 2.44 bits per heavy atom. The van der Waals surface area contributed by atoms with Crippen LogP contribution in [-0.4, -0.2) is 52.7 Å². The molecule has 2 amide bonds. The van der Waals surface area contributed by atoms with E-state index in [2.05, 4.69) is 6.92 Å². The van der Waals surface area contributed by atoms with Crippen molar-refractivity contribution in [3.05, 3.63) is 39.7 Å². The zero-order valence-corrected chi connectivity index (χ0v) is 15.4. The van der Waals surface area contributed by atoms with Crippen molar-refractivity contribution in [3.63, 3.8) is 0 Å². The van der Waals surface area contributed by atoms with E-state index in [9.17, 15) is 24.1 Å². The van der Waals surface area contributed by atoms with Crippen molar-refractivity contribution in [1.82, 2.24) is 9.80 Å². The quantitative estimate of drug-likeness (QED) is 0.599. The number of piperidine rings is 2. The van der Waals surface area contributed by atoms with E-state index in [-0.39, 0.29) is 23.1 Å². The molecule has 7 nitrogen and oxygen atoms in total. The second-order valence-electron chi connectivity index (χ2n) is 7.52. The van der Waals surface area contributed by atoms with Crippen LogP contribution in [0.25, 0.3) is 0 Å². The second kappa shape index (κ2) is 8.02. The Kier molecular flexibility index (Phi) is 5.72. The highest BCUT2D eigenvalue weighted by atomic mass is 19.1. The maximum atomic E-state index is 14.1. The first-order chi connectivity index (χ1) is 12.9. The molecule has 2 aliphatic rings. The number of benzene rings is 1. The van der Waals surface area contributed by atoms with Crippen LogP contribution >= 0.6 is 0 Å². The molecule has 0 bridgehead atoms. The molecule has 8 heteroatoms. The Hall–Kier alpha value is -2.51. The van der Waals surface area contributed by atoms with Gasteiger partial charge in [-0.2, -0.15) is 0 Å². The van der Waals surface area contributed by atoms with Crippen molar-refractivity contribution >= 4 is 17.5 Å². The van der Waals surface area contributed by atoms with E-state index >= 15 is 0 Å². The molecule has 0 radical (unpaired) electrons. The van der Waals surface area contributed by atoms with Gasteiger partial charge in [-0.1, -0.05) is 6.92 Å². The Bertz CT molecular complexity index is 746. The number of nitro benzene ring substituents is 1. The summed E-state index contributed by atoms with van der Waals surface area (Å²) in [6.45, 7) is 4.52. The lowest BCUT2D eigenvalue weighted by Crippen LogP contribution is -2.47. The van der Waals surface area contributed by atoms with E-state index < -0.39 is 16.6 Å². The fraction of sp³-hybridized carbons (Fsp3) is 0.579. The summed E-state index contributed by atoms with van der Waals surface area (Å²) in [6, 6.07) is 3.05. The summed E-state index contributed by atoms with van der Waals surface area (Å²) >= 11 is 0. The summed E-state index contributed by atoms with van der Waals surface area (Å²) < 4.78 is 14.1. The SMILES string of the molecule is CC1CCCN(C(=O)C2CCN(C(=O)c3ccc([N+](=O)[O-])cc3F)CC2)C1. The largest absolute Gasteiger partial charge is 0.342 e. The Morgan fingerprint density at radius 1 is 1.15 bits per heavy atom. The van der Waals surface area contributed by atoms with Crippen molar-refractivity contribution in [2.45, 2.75) is 32.6 Å². The number of nitro groups is 1. The van der Waals surface area contributed by atoms with Crippen LogP contribution in [0.1, 0.15) is 43.0 Å². The van der Waals surface area contributed by atoms with E-state index in [1.54, 1.807) is 0 Å². The molecule has 1 unspecified atom stereocenters. The third-order valence-electron chi connectivity index (χ3n) is 5.49. The Morgan fingerprint density at radius 2 is 1.85 bits per heavy atom. The van der Waals surface area contributed by atoms with Crippen molar-refractivity contribution in [3.8, 4) is 0 Å². The van der Waals surface area contributed by atoms with Gasteiger partial charge in [0.25, 0.3) is 11.6 Å². The molecular weight excluding hydrogens is 353 g/mol. The topological polar surface area (TPSA) is 83.8 Å². The maximum absolute atomic E-state index is 14.1. The summed E-state index contributed by atoms with van der Waals surface area (Å²) in [5, 5.41) is 10.7. The van der Waals surface area contributed by atoms with Crippen molar-refractivity contribution < 1.29 is 18.9 Å². The third kappa shape index (κ3) is 4.26. The van der Waals surface area contributed by atoms with Crippen LogP contribution in [0.5, 0.6) is 0 Å². The normalized spacial score (nSPS) is 21.2. The molecule has 0 spiro atoms. The monoisotopic (exact) mass is 377 g/mol.